The number of hydrogen-bond donors (Lipinski definition) is 1. The van der Waals surface area contributed by atoms with Crippen LogP contribution in [0.4, 0.5) is 0 Å². The molecular formula is C24H30N4O5S. The Bertz CT molecular complexity index is 1410. The second-order valence-corrected chi connectivity index (χ2v) is 10.1. The van der Waals surface area contributed by atoms with Gasteiger partial charge in [-0.25, -0.2) is 13.2 Å². The maximum atomic E-state index is 13.3. The highest BCUT2D eigenvalue weighted by Gasteiger charge is 2.28. The summed E-state index contributed by atoms with van der Waals surface area (Å²) in [6.07, 6.45) is 1.89. The normalized spacial score (nSPS) is 12.6. The predicted octanol–water partition coefficient (Wildman–Crippen LogP) is 1.39. The van der Waals surface area contributed by atoms with Gasteiger partial charge in [-0.3, -0.25) is 18.7 Å². The first-order valence-electron chi connectivity index (χ1n) is 11.1. The second kappa shape index (κ2) is 10.4. The molecule has 3 rings (SSSR count). The molecule has 0 radical (unpaired) electrons. The minimum atomic E-state index is -4.16. The number of unbranched alkanes of at least 4 members (excludes halogenated alkanes) is 1. The van der Waals surface area contributed by atoms with Gasteiger partial charge in [0.05, 0.1) is 15.8 Å². The highest BCUT2D eigenvalue weighted by atomic mass is 32.2. The Hall–Kier alpha value is -3.24. The van der Waals surface area contributed by atoms with Gasteiger partial charge in [0.1, 0.15) is 6.04 Å². The van der Waals surface area contributed by atoms with Crippen LogP contribution in [0.2, 0.25) is 0 Å². The van der Waals surface area contributed by atoms with Crippen molar-refractivity contribution in [3.05, 3.63) is 74.9 Å². The predicted molar refractivity (Wildman–Crippen MR) is 131 cm³/mol. The third-order valence-electron chi connectivity index (χ3n) is 5.85. The molecule has 9 nitrogen and oxygen atoms in total. The average Bonchev–Trinajstić information content (AvgIpc) is 2.83. The zero-order valence-corrected chi connectivity index (χ0v) is 20.6. The summed E-state index contributed by atoms with van der Waals surface area (Å²) in [4.78, 5) is 39.3. The first-order valence-corrected chi connectivity index (χ1v) is 12.6. The Kier molecular flexibility index (Phi) is 7.73. The van der Waals surface area contributed by atoms with Crippen molar-refractivity contribution in [3.63, 3.8) is 0 Å². The summed E-state index contributed by atoms with van der Waals surface area (Å²) >= 11 is 0. The molecule has 0 bridgehead atoms. The summed E-state index contributed by atoms with van der Waals surface area (Å²) in [6, 6.07) is 12.1. The molecule has 182 valence electrons. The number of benzene rings is 2. The SMILES string of the molecule is CCCCN(C)C(=O)[C@@H](Cc1ccccc1)NS(=O)(=O)c1ccc2c(c1)c(=O)n(C)c(=O)n2C. The van der Waals surface area contributed by atoms with Gasteiger partial charge < -0.3 is 4.90 Å². The van der Waals surface area contributed by atoms with Gasteiger partial charge in [0.25, 0.3) is 5.56 Å². The van der Waals surface area contributed by atoms with E-state index in [0.29, 0.717) is 12.1 Å². The third kappa shape index (κ3) is 5.28. The smallest absolute Gasteiger partial charge is 0.330 e. The molecule has 0 saturated carbocycles. The van der Waals surface area contributed by atoms with Gasteiger partial charge in [-0.15, -0.1) is 0 Å². The fraction of sp³-hybridized carbons (Fsp3) is 0.375. The summed E-state index contributed by atoms with van der Waals surface area (Å²) in [7, 11) is 0.350. The van der Waals surface area contributed by atoms with E-state index in [4.69, 9.17) is 0 Å². The molecule has 0 spiro atoms. The summed E-state index contributed by atoms with van der Waals surface area (Å²) in [5, 5.41) is 0.0958. The van der Waals surface area contributed by atoms with E-state index in [0.717, 1.165) is 23.0 Å². The number of likely N-dealkylation sites (N-methyl/N-ethyl adjacent to an activating group) is 1. The van der Waals surface area contributed by atoms with Crippen LogP contribution in [0, 0.1) is 0 Å². The van der Waals surface area contributed by atoms with Crippen molar-refractivity contribution in [1.29, 1.82) is 0 Å². The van der Waals surface area contributed by atoms with Crippen LogP contribution in [0.3, 0.4) is 0 Å². The van der Waals surface area contributed by atoms with Crippen molar-refractivity contribution in [2.75, 3.05) is 13.6 Å². The van der Waals surface area contributed by atoms with E-state index in [1.54, 1.807) is 7.05 Å². The zero-order chi connectivity index (χ0) is 25.0. The Labute approximate surface area is 198 Å². The van der Waals surface area contributed by atoms with E-state index < -0.39 is 27.3 Å². The first kappa shape index (κ1) is 25.4. The number of sulfonamides is 1. The number of carbonyl (C=O) groups is 1. The van der Waals surface area contributed by atoms with Gasteiger partial charge in [0, 0.05) is 27.7 Å². The molecule has 2 aromatic carbocycles. The Balaban J connectivity index is 2.00. The maximum absolute atomic E-state index is 13.3. The van der Waals surface area contributed by atoms with Gasteiger partial charge in [-0.2, -0.15) is 4.72 Å². The molecule has 0 saturated heterocycles. The Morgan fingerprint density at radius 3 is 2.38 bits per heavy atom. The van der Waals surface area contributed by atoms with E-state index in [9.17, 15) is 22.8 Å². The molecule has 10 heteroatoms. The lowest BCUT2D eigenvalue weighted by Crippen LogP contribution is -2.48. The fourth-order valence-corrected chi connectivity index (χ4v) is 5.01. The topological polar surface area (TPSA) is 110 Å². The molecule has 34 heavy (non-hydrogen) atoms. The minimum absolute atomic E-state index is 0.0958. The van der Waals surface area contributed by atoms with E-state index in [1.165, 1.54) is 41.8 Å². The monoisotopic (exact) mass is 486 g/mol. The van der Waals surface area contributed by atoms with Crippen LogP contribution < -0.4 is 16.0 Å². The molecule has 0 aliphatic heterocycles. The largest absolute Gasteiger partial charge is 0.344 e. The lowest BCUT2D eigenvalue weighted by atomic mass is 10.1. The van der Waals surface area contributed by atoms with E-state index in [-0.39, 0.29) is 22.6 Å². The fourth-order valence-electron chi connectivity index (χ4n) is 3.80. The summed E-state index contributed by atoms with van der Waals surface area (Å²) in [5.41, 5.74) is 0.0410. The second-order valence-electron chi connectivity index (χ2n) is 8.36. The van der Waals surface area contributed by atoms with Crippen LogP contribution in [0.5, 0.6) is 0 Å². The highest BCUT2D eigenvalue weighted by Crippen LogP contribution is 2.17. The summed E-state index contributed by atoms with van der Waals surface area (Å²) < 4.78 is 31.4. The number of carbonyl (C=O) groups excluding carboxylic acids is 1. The number of nitrogens with one attached hydrogen (secondary N) is 1. The number of fused-ring (bicyclic) bond motifs is 1. The summed E-state index contributed by atoms with van der Waals surface area (Å²) in [6.45, 7) is 2.53. The van der Waals surface area contributed by atoms with Crippen molar-refractivity contribution in [2.45, 2.75) is 37.1 Å². The Morgan fingerprint density at radius 2 is 1.74 bits per heavy atom. The lowest BCUT2D eigenvalue weighted by Gasteiger charge is -2.25. The van der Waals surface area contributed by atoms with Crippen LogP contribution in [-0.2, 0) is 35.3 Å². The number of hydrogen-bond acceptors (Lipinski definition) is 5. The van der Waals surface area contributed by atoms with Gasteiger partial charge >= 0.3 is 5.69 Å². The van der Waals surface area contributed by atoms with Crippen LogP contribution in [0.1, 0.15) is 25.3 Å². The number of rotatable bonds is 9. The standard InChI is InChI=1S/C24H30N4O5S/c1-5-6-14-26(2)23(30)20(15-17-10-8-7-9-11-17)25-34(32,33)18-12-13-21-19(16-18)22(29)28(4)24(31)27(21)3/h7-13,16,20,25H,5-6,14-15H2,1-4H3/t20-/m1/s1. The molecule has 1 aromatic heterocycles. The maximum Gasteiger partial charge on any atom is 0.330 e. The number of nitrogens with zero attached hydrogens (tertiary/aromatic N) is 3. The lowest BCUT2D eigenvalue weighted by molar-refractivity contribution is -0.131. The van der Waals surface area contributed by atoms with Crippen molar-refractivity contribution < 1.29 is 13.2 Å². The van der Waals surface area contributed by atoms with Gasteiger partial charge in [0.15, 0.2) is 0 Å². The molecule has 1 amide bonds. The van der Waals surface area contributed by atoms with Crippen molar-refractivity contribution in [2.24, 2.45) is 14.1 Å². The van der Waals surface area contributed by atoms with E-state index >= 15 is 0 Å². The third-order valence-corrected chi connectivity index (χ3v) is 7.32. The molecule has 0 fully saturated rings. The van der Waals surface area contributed by atoms with Crippen LogP contribution in [-0.4, -0.2) is 48.0 Å². The molecule has 0 aliphatic carbocycles. The first-order chi connectivity index (χ1) is 16.1. The molecule has 3 aromatic rings. The molecule has 0 unspecified atom stereocenters. The Morgan fingerprint density at radius 1 is 1.06 bits per heavy atom. The van der Waals surface area contributed by atoms with Crippen LogP contribution in [0.15, 0.2) is 63.0 Å². The van der Waals surface area contributed by atoms with Crippen LogP contribution >= 0.6 is 0 Å². The minimum Gasteiger partial charge on any atom is -0.344 e. The van der Waals surface area contributed by atoms with Crippen molar-refractivity contribution in [3.8, 4) is 0 Å². The summed E-state index contributed by atoms with van der Waals surface area (Å²) in [5.74, 6) is -0.333. The van der Waals surface area contributed by atoms with Gasteiger partial charge in [-0.1, -0.05) is 43.7 Å². The average molecular weight is 487 g/mol. The number of aryl methyl sites for hydroxylation is 1. The molecule has 1 heterocycles. The van der Waals surface area contributed by atoms with Gasteiger partial charge in [-0.05, 0) is 36.6 Å². The molecular weight excluding hydrogens is 456 g/mol. The zero-order valence-electron chi connectivity index (χ0n) is 19.8. The van der Waals surface area contributed by atoms with Gasteiger partial charge in [0.2, 0.25) is 15.9 Å². The molecule has 1 N–H and O–H groups in total. The molecule has 0 aliphatic rings. The van der Waals surface area contributed by atoms with Crippen molar-refractivity contribution >= 4 is 26.8 Å². The molecule has 1 atom stereocenters. The number of aromatic nitrogens is 2. The van der Waals surface area contributed by atoms with E-state index in [2.05, 4.69) is 4.72 Å². The number of amides is 1. The highest BCUT2D eigenvalue weighted by molar-refractivity contribution is 7.89. The van der Waals surface area contributed by atoms with Crippen LogP contribution in [0.25, 0.3) is 10.9 Å². The van der Waals surface area contributed by atoms with Crippen molar-refractivity contribution in [1.82, 2.24) is 18.8 Å². The quantitative estimate of drug-likeness (QED) is 0.491. The van der Waals surface area contributed by atoms with E-state index in [1.807, 2.05) is 37.3 Å².